The molecule has 1 N–H and O–H groups in total. The molecule has 1 aromatic rings. The van der Waals surface area contributed by atoms with Gasteiger partial charge in [-0.2, -0.15) is 0 Å². The third-order valence-corrected chi connectivity index (χ3v) is 4.44. The van der Waals surface area contributed by atoms with Gasteiger partial charge >= 0.3 is 5.97 Å². The van der Waals surface area contributed by atoms with Crippen LogP contribution < -0.4 is 4.74 Å². The molecule has 0 spiro atoms. The molecule has 0 radical (unpaired) electrons. The number of benzene rings is 1. The number of ether oxygens (including phenoxy) is 1. The monoisotopic (exact) mass is 295 g/mol. The maximum Gasteiger partial charge on any atom is 0.310 e. The molecule has 1 unspecified atom stereocenters. The second kappa shape index (κ2) is 6.43. The zero-order chi connectivity index (χ0) is 15.5. The van der Waals surface area contributed by atoms with E-state index in [1.54, 1.807) is 12.1 Å². The lowest BCUT2D eigenvalue weighted by Crippen LogP contribution is -2.47. The van der Waals surface area contributed by atoms with Crippen molar-refractivity contribution in [2.75, 3.05) is 20.2 Å². The SMILES string of the molecule is CCC1(C(=O)O)CCCN(Cc2ccc(OC)cc2F)C1. The number of hydrogen-bond acceptors (Lipinski definition) is 3. The second-order valence-electron chi connectivity index (χ2n) is 5.71. The highest BCUT2D eigenvalue weighted by atomic mass is 19.1. The number of halogens is 1. The fraction of sp³-hybridized carbons (Fsp3) is 0.562. The number of hydrogen-bond donors (Lipinski definition) is 1. The first-order valence-corrected chi connectivity index (χ1v) is 7.29. The molecule has 0 saturated carbocycles. The summed E-state index contributed by atoms with van der Waals surface area (Å²) < 4.78 is 19.0. The van der Waals surface area contributed by atoms with E-state index in [9.17, 15) is 14.3 Å². The van der Waals surface area contributed by atoms with Gasteiger partial charge in [0.15, 0.2) is 0 Å². The van der Waals surface area contributed by atoms with Crippen molar-refractivity contribution in [3.63, 3.8) is 0 Å². The van der Waals surface area contributed by atoms with Gasteiger partial charge in [0, 0.05) is 24.7 Å². The third-order valence-electron chi connectivity index (χ3n) is 4.44. The van der Waals surface area contributed by atoms with E-state index in [4.69, 9.17) is 4.74 Å². The number of aliphatic carboxylic acids is 1. The molecule has 5 heteroatoms. The minimum absolute atomic E-state index is 0.308. The fourth-order valence-corrected chi connectivity index (χ4v) is 3.00. The minimum atomic E-state index is -0.745. The Labute approximate surface area is 124 Å². The van der Waals surface area contributed by atoms with Gasteiger partial charge in [0.05, 0.1) is 12.5 Å². The normalized spacial score (nSPS) is 23.0. The van der Waals surface area contributed by atoms with E-state index >= 15 is 0 Å². The topological polar surface area (TPSA) is 49.8 Å². The van der Waals surface area contributed by atoms with Crippen molar-refractivity contribution in [2.45, 2.75) is 32.7 Å². The van der Waals surface area contributed by atoms with Crippen molar-refractivity contribution >= 4 is 5.97 Å². The highest BCUT2D eigenvalue weighted by Gasteiger charge is 2.40. The zero-order valence-electron chi connectivity index (χ0n) is 12.6. The van der Waals surface area contributed by atoms with Gasteiger partial charge in [-0.05, 0) is 31.9 Å². The number of piperidine rings is 1. The predicted molar refractivity (Wildman–Crippen MR) is 77.8 cm³/mol. The molecule has 1 aliphatic rings. The lowest BCUT2D eigenvalue weighted by molar-refractivity contribution is -0.153. The Morgan fingerprint density at radius 2 is 2.29 bits per heavy atom. The Kier molecular flexibility index (Phi) is 4.83. The molecule has 1 heterocycles. The Hall–Kier alpha value is -1.62. The largest absolute Gasteiger partial charge is 0.497 e. The van der Waals surface area contributed by atoms with E-state index in [1.807, 2.05) is 11.8 Å². The smallest absolute Gasteiger partial charge is 0.310 e. The summed E-state index contributed by atoms with van der Waals surface area (Å²) in [6, 6.07) is 4.80. The Balaban J connectivity index is 2.11. The van der Waals surface area contributed by atoms with Gasteiger partial charge in [-0.3, -0.25) is 9.69 Å². The van der Waals surface area contributed by atoms with Gasteiger partial charge in [-0.1, -0.05) is 13.0 Å². The van der Waals surface area contributed by atoms with Crippen LogP contribution in [0.25, 0.3) is 0 Å². The maximum atomic E-state index is 14.0. The third kappa shape index (κ3) is 3.35. The van der Waals surface area contributed by atoms with E-state index in [-0.39, 0.29) is 5.82 Å². The number of rotatable bonds is 5. The van der Waals surface area contributed by atoms with Crippen LogP contribution in [0.4, 0.5) is 4.39 Å². The number of carbonyl (C=O) groups is 1. The highest BCUT2D eigenvalue weighted by molar-refractivity contribution is 5.75. The van der Waals surface area contributed by atoms with Crippen molar-refractivity contribution < 1.29 is 19.0 Å². The summed E-state index contributed by atoms with van der Waals surface area (Å²) in [5, 5.41) is 9.48. The average Bonchev–Trinajstić information content (AvgIpc) is 2.49. The Morgan fingerprint density at radius 3 is 2.86 bits per heavy atom. The molecular formula is C16H22FNO3. The number of nitrogens with zero attached hydrogens (tertiary/aromatic N) is 1. The van der Waals surface area contributed by atoms with Gasteiger partial charge in [-0.25, -0.2) is 4.39 Å². The molecule has 4 nitrogen and oxygen atoms in total. The van der Waals surface area contributed by atoms with E-state index in [0.29, 0.717) is 37.2 Å². The lowest BCUT2D eigenvalue weighted by Gasteiger charge is -2.39. The zero-order valence-corrected chi connectivity index (χ0v) is 12.6. The van der Waals surface area contributed by atoms with Crippen LogP contribution in [0.1, 0.15) is 31.7 Å². The first-order chi connectivity index (χ1) is 10.0. The van der Waals surface area contributed by atoms with Crippen LogP contribution in [0.15, 0.2) is 18.2 Å². The van der Waals surface area contributed by atoms with Crippen molar-refractivity contribution in [2.24, 2.45) is 5.41 Å². The van der Waals surface area contributed by atoms with Crippen LogP contribution in [-0.2, 0) is 11.3 Å². The van der Waals surface area contributed by atoms with Gasteiger partial charge < -0.3 is 9.84 Å². The van der Waals surface area contributed by atoms with Gasteiger partial charge in [0.1, 0.15) is 11.6 Å². The van der Waals surface area contributed by atoms with Crippen molar-refractivity contribution in [1.29, 1.82) is 0 Å². The molecule has 1 saturated heterocycles. The molecule has 116 valence electrons. The molecule has 1 atom stereocenters. The Bertz CT molecular complexity index is 520. The van der Waals surface area contributed by atoms with Crippen molar-refractivity contribution in [3.05, 3.63) is 29.6 Å². The quantitative estimate of drug-likeness (QED) is 0.907. The molecular weight excluding hydrogens is 273 g/mol. The summed E-state index contributed by atoms with van der Waals surface area (Å²) >= 11 is 0. The molecule has 21 heavy (non-hydrogen) atoms. The van der Waals surface area contributed by atoms with Gasteiger partial charge in [0.2, 0.25) is 0 Å². The first kappa shape index (κ1) is 15.8. The maximum absolute atomic E-state index is 14.0. The van der Waals surface area contributed by atoms with E-state index in [0.717, 1.165) is 13.0 Å². The minimum Gasteiger partial charge on any atom is -0.497 e. The van der Waals surface area contributed by atoms with E-state index in [1.165, 1.54) is 13.2 Å². The highest BCUT2D eigenvalue weighted by Crippen LogP contribution is 2.34. The molecule has 0 aromatic heterocycles. The van der Waals surface area contributed by atoms with Crippen LogP contribution in [0.5, 0.6) is 5.75 Å². The molecule has 1 aliphatic heterocycles. The van der Waals surface area contributed by atoms with E-state index < -0.39 is 11.4 Å². The van der Waals surface area contributed by atoms with Crippen molar-refractivity contribution in [3.8, 4) is 5.75 Å². The van der Waals surface area contributed by atoms with Crippen LogP contribution in [0.3, 0.4) is 0 Å². The number of likely N-dealkylation sites (tertiary alicyclic amines) is 1. The molecule has 0 bridgehead atoms. The Morgan fingerprint density at radius 1 is 1.52 bits per heavy atom. The summed E-state index contributed by atoms with van der Waals surface area (Å²) in [5.41, 5.74) is -0.116. The molecule has 1 fully saturated rings. The van der Waals surface area contributed by atoms with E-state index in [2.05, 4.69) is 0 Å². The number of methoxy groups -OCH3 is 1. The van der Waals surface area contributed by atoms with Crippen LogP contribution >= 0.6 is 0 Å². The number of carboxylic acid groups (broad SMARTS) is 1. The molecule has 0 amide bonds. The van der Waals surface area contributed by atoms with Gasteiger partial charge in [0.25, 0.3) is 0 Å². The summed E-state index contributed by atoms with van der Waals surface area (Å²) in [7, 11) is 1.50. The average molecular weight is 295 g/mol. The molecule has 0 aliphatic carbocycles. The standard InChI is InChI=1S/C16H22FNO3/c1-3-16(15(19)20)7-4-8-18(11-16)10-12-5-6-13(21-2)9-14(12)17/h5-6,9H,3-4,7-8,10-11H2,1-2H3,(H,19,20). The second-order valence-corrected chi connectivity index (χ2v) is 5.71. The molecule has 1 aromatic carbocycles. The van der Waals surface area contributed by atoms with Crippen LogP contribution in [0.2, 0.25) is 0 Å². The van der Waals surface area contributed by atoms with Gasteiger partial charge in [-0.15, -0.1) is 0 Å². The first-order valence-electron chi connectivity index (χ1n) is 7.29. The lowest BCUT2D eigenvalue weighted by atomic mass is 9.77. The van der Waals surface area contributed by atoms with Crippen LogP contribution in [0, 0.1) is 11.2 Å². The summed E-state index contributed by atoms with van der Waals surface area (Å²) in [5.74, 6) is -0.564. The fourth-order valence-electron chi connectivity index (χ4n) is 3.00. The summed E-state index contributed by atoms with van der Waals surface area (Å²) in [6.07, 6.45) is 2.13. The predicted octanol–water partition coefficient (Wildman–Crippen LogP) is 2.91. The summed E-state index contributed by atoms with van der Waals surface area (Å²) in [4.78, 5) is 13.6. The summed E-state index contributed by atoms with van der Waals surface area (Å²) in [6.45, 7) is 3.63. The van der Waals surface area contributed by atoms with Crippen molar-refractivity contribution in [1.82, 2.24) is 4.90 Å². The van der Waals surface area contributed by atoms with Crippen LogP contribution in [-0.4, -0.2) is 36.2 Å². The molecule has 2 rings (SSSR count). The number of carboxylic acids is 1.